The number of cyclic esters (lactones) is 1. The number of halogens is 10. The van der Waals surface area contributed by atoms with Gasteiger partial charge in [-0.3, -0.25) is 4.90 Å². The summed E-state index contributed by atoms with van der Waals surface area (Å²) < 4.78 is 141. The topological polar surface area (TPSA) is 49.8 Å². The van der Waals surface area contributed by atoms with E-state index in [1.165, 1.54) is 13.0 Å². The van der Waals surface area contributed by atoms with E-state index in [1.807, 2.05) is 0 Å². The fourth-order valence-electron chi connectivity index (χ4n) is 4.89. The maximum atomic E-state index is 14.4. The Balaban J connectivity index is 1.80. The Labute approximate surface area is 238 Å². The summed E-state index contributed by atoms with van der Waals surface area (Å²) in [6.07, 6.45) is -18.0. The lowest BCUT2D eigenvalue weighted by Gasteiger charge is -2.24. The van der Waals surface area contributed by atoms with Gasteiger partial charge in [-0.05, 0) is 71.5 Å². The van der Waals surface area contributed by atoms with E-state index in [0.717, 1.165) is 17.0 Å². The van der Waals surface area contributed by atoms with Crippen LogP contribution in [0.1, 0.15) is 66.2 Å². The molecule has 3 aromatic rings. The summed E-state index contributed by atoms with van der Waals surface area (Å²) in [4.78, 5) is 13.7. The van der Waals surface area contributed by atoms with Crippen molar-refractivity contribution in [3.8, 4) is 16.9 Å². The van der Waals surface area contributed by atoms with E-state index < -0.39 is 77.1 Å². The average Bonchev–Trinajstić information content (AvgIpc) is 3.15. The standard InChI is InChI=1S/C29H23F10NO3/c1-13(2)21-10-22(24(41)11-23(21)30)20-5-4-17(27(31,32)33)8-16(20)12-40-14(3)25(43-26(40)42)15-6-18(28(34,35)36)9-19(7-15)29(37,38)39/h4-11,13-14,25,41H,12H2,1-3H3/t14-,25-/m0/s1/i1+1,3+1,13+1,14+1,25+1,40+1/t13?,14-,25-. The zero-order valence-corrected chi connectivity index (χ0v) is 22.5. The van der Waals surface area contributed by atoms with E-state index in [9.17, 15) is 53.8 Å². The van der Waals surface area contributed by atoms with Gasteiger partial charge in [0.15, 0.2) is 0 Å². The van der Waals surface area contributed by atoms with Gasteiger partial charge in [0.25, 0.3) is 0 Å². The highest BCUT2D eigenvalue weighted by Crippen LogP contribution is 2.43. The van der Waals surface area contributed by atoms with Crippen molar-refractivity contribution in [3.63, 3.8) is 0 Å². The van der Waals surface area contributed by atoms with Gasteiger partial charge in [0.05, 0.1) is 29.3 Å². The molecule has 1 unspecified atom stereocenters. The fourth-order valence-corrected chi connectivity index (χ4v) is 4.89. The zero-order chi connectivity index (χ0) is 32.2. The van der Waals surface area contributed by atoms with Crippen molar-refractivity contribution in [1.82, 2.24) is 4.90 Å². The van der Waals surface area contributed by atoms with Crippen LogP contribution in [0.4, 0.5) is 48.7 Å². The number of nitrogens with zero attached hydrogens (tertiary/aromatic N) is 1. The molecular weight excluding hydrogens is 606 g/mol. The number of hydrogen-bond donors (Lipinski definition) is 1. The molecular formula is C29H23F10NO3. The normalized spacial score (nSPS) is 18.6. The van der Waals surface area contributed by atoms with Crippen molar-refractivity contribution in [2.75, 3.05) is 0 Å². The third kappa shape index (κ3) is 6.52. The molecule has 0 radical (unpaired) electrons. The summed E-state index contributed by atoms with van der Waals surface area (Å²) in [5.41, 5.74) is -5.16. The molecule has 1 saturated heterocycles. The van der Waals surface area contributed by atoms with Gasteiger partial charge < -0.3 is 9.84 Å². The first kappa shape index (κ1) is 32.0. The molecule has 1 fully saturated rings. The van der Waals surface area contributed by atoms with Crippen molar-refractivity contribution in [2.24, 2.45) is 0 Å². The SMILES string of the molecule is C[13CH]([13CH3])c1cc(-c2ccc(C(F)(F)F)cc2C[15N]2C(=O)O[13C@H](c3cc(C(F)(F)F)cc(C(F)(F)F)c3)[13C@@H]2[13CH3])c(O)cc1F. The van der Waals surface area contributed by atoms with Crippen molar-refractivity contribution in [1.29, 1.82) is 0 Å². The van der Waals surface area contributed by atoms with Crippen molar-refractivity contribution in [3.05, 3.63) is 87.7 Å². The van der Waals surface area contributed by atoms with E-state index in [1.54, 1.807) is 13.8 Å². The molecule has 0 aliphatic carbocycles. The number of phenols is 1. The smallest absolute Gasteiger partial charge is 0.416 e. The predicted molar refractivity (Wildman–Crippen MR) is 133 cm³/mol. The molecule has 0 saturated carbocycles. The van der Waals surface area contributed by atoms with Gasteiger partial charge in [-0.2, -0.15) is 39.5 Å². The van der Waals surface area contributed by atoms with Gasteiger partial charge in [-0.1, -0.05) is 19.9 Å². The summed E-state index contributed by atoms with van der Waals surface area (Å²) in [7, 11) is 0. The zero-order valence-electron chi connectivity index (χ0n) is 22.5. The van der Waals surface area contributed by atoms with Crippen molar-refractivity contribution >= 4 is 6.09 Å². The lowest BCUT2D eigenvalue weighted by molar-refractivity contribution is -0.143. The minimum absolute atomic E-state index is 0.0192. The maximum Gasteiger partial charge on any atom is 0.416 e. The van der Waals surface area contributed by atoms with Crippen LogP contribution >= 0.6 is 0 Å². The molecule has 1 heterocycles. The molecule has 1 aliphatic rings. The molecule has 43 heavy (non-hydrogen) atoms. The van der Waals surface area contributed by atoms with Crippen LogP contribution in [0.3, 0.4) is 0 Å². The number of carbonyl (C=O) groups is 1. The highest BCUT2D eigenvalue weighted by Gasteiger charge is 2.44. The van der Waals surface area contributed by atoms with E-state index >= 15 is 0 Å². The van der Waals surface area contributed by atoms with Crippen LogP contribution in [0.15, 0.2) is 48.5 Å². The number of ether oxygens (including phenoxy) is 1. The molecule has 4 nitrogen and oxygen atoms in total. The third-order valence-corrected chi connectivity index (χ3v) is 7.13. The van der Waals surface area contributed by atoms with E-state index in [2.05, 4.69) is 0 Å². The molecule has 1 N–H and O–H groups in total. The van der Waals surface area contributed by atoms with Crippen LogP contribution < -0.4 is 0 Å². The van der Waals surface area contributed by atoms with Gasteiger partial charge in [0.1, 0.15) is 17.7 Å². The number of hydrogen-bond acceptors (Lipinski definition) is 3. The molecule has 0 bridgehead atoms. The van der Waals surface area contributed by atoms with E-state index in [4.69, 9.17) is 4.74 Å². The first-order valence-electron chi connectivity index (χ1n) is 12.7. The van der Waals surface area contributed by atoms with Crippen molar-refractivity contribution < 1.29 is 58.5 Å². The lowest BCUT2D eigenvalue weighted by atomic mass is 9.95. The van der Waals surface area contributed by atoms with Crippen LogP contribution in [0.25, 0.3) is 11.1 Å². The quantitative estimate of drug-likeness (QED) is 0.174. The van der Waals surface area contributed by atoms with Gasteiger partial charge in [-0.15, -0.1) is 0 Å². The van der Waals surface area contributed by atoms with Crippen molar-refractivity contribution in [2.45, 2.75) is 63.9 Å². The van der Waals surface area contributed by atoms with E-state index in [0.29, 0.717) is 24.3 Å². The summed E-state index contributed by atoms with van der Waals surface area (Å²) in [6, 6.07) is 3.95. The molecule has 232 valence electrons. The van der Waals surface area contributed by atoms with Crippen LogP contribution in [0, 0.1) is 5.82 Å². The van der Waals surface area contributed by atoms with Crippen LogP contribution in [-0.2, 0) is 29.8 Å². The second kappa shape index (κ2) is 10.9. The average molecular weight is 629 g/mol. The maximum absolute atomic E-state index is 14.4. The number of alkyl halides is 9. The molecule has 4 rings (SSSR count). The second-order valence-electron chi connectivity index (χ2n) is 10.4. The number of phenolic OH excluding ortho intramolecular Hbond substituents is 1. The van der Waals surface area contributed by atoms with E-state index in [-0.39, 0.29) is 34.2 Å². The lowest BCUT2D eigenvalue weighted by Crippen LogP contribution is -2.32. The minimum atomic E-state index is -5.17. The third-order valence-electron chi connectivity index (χ3n) is 7.13. The second-order valence-corrected chi connectivity index (χ2v) is 10.4. The summed E-state index contributed by atoms with van der Waals surface area (Å²) in [5, 5.41) is 10.5. The monoisotopic (exact) mass is 629 g/mol. The molecule has 1 aliphatic heterocycles. The molecule has 0 aromatic heterocycles. The van der Waals surface area contributed by atoms with Crippen LogP contribution in [0.5, 0.6) is 5.75 Å². The summed E-state index contributed by atoms with van der Waals surface area (Å²) in [5.74, 6) is -1.76. The first-order valence-corrected chi connectivity index (χ1v) is 12.7. The Morgan fingerprint density at radius 1 is 0.814 bits per heavy atom. The summed E-state index contributed by atoms with van der Waals surface area (Å²) in [6.45, 7) is 3.90. The molecule has 0 spiro atoms. The van der Waals surface area contributed by atoms with Gasteiger partial charge in [0, 0.05) is 11.6 Å². The first-order chi connectivity index (χ1) is 19.7. The Bertz CT molecular complexity index is 1510. The Morgan fingerprint density at radius 2 is 1.37 bits per heavy atom. The van der Waals surface area contributed by atoms with Gasteiger partial charge in [0.2, 0.25) is 0 Å². The number of amides is 1. The number of carbonyl (C=O) groups excluding carboxylic acids is 1. The van der Waals surface area contributed by atoms with Crippen LogP contribution in [-0.4, -0.2) is 22.1 Å². The molecule has 14 heteroatoms. The number of rotatable bonds is 5. The van der Waals surface area contributed by atoms with Gasteiger partial charge in [-0.25, -0.2) is 9.18 Å². The van der Waals surface area contributed by atoms with Gasteiger partial charge >= 0.3 is 24.6 Å². The highest BCUT2D eigenvalue weighted by molar-refractivity contribution is 5.76. The van der Waals surface area contributed by atoms with Crippen LogP contribution in [0.2, 0.25) is 0 Å². The Morgan fingerprint density at radius 3 is 1.88 bits per heavy atom. The largest absolute Gasteiger partial charge is 0.507 e. The summed E-state index contributed by atoms with van der Waals surface area (Å²) >= 11 is 0. The molecule has 3 aromatic carbocycles. The molecule has 3 atom stereocenters. The Kier molecular flexibility index (Phi) is 8.13. The Hall–Kier alpha value is -3.97. The minimum Gasteiger partial charge on any atom is -0.507 e. The molecule has 1 amide bonds. The number of aromatic hydroxyl groups is 1. The highest BCUT2D eigenvalue weighted by atomic mass is 19.4. The predicted octanol–water partition coefficient (Wildman–Crippen LogP) is 9.46. The fraction of sp³-hybridized carbons (Fsp3) is 0.345. The number of benzene rings is 3.